The van der Waals surface area contributed by atoms with E-state index in [1.54, 1.807) is 7.11 Å². The lowest BCUT2D eigenvalue weighted by atomic mass is 9.86. The molecule has 0 fully saturated rings. The number of rotatable bonds is 4. The summed E-state index contributed by atoms with van der Waals surface area (Å²) < 4.78 is 11.3. The molecule has 3 rings (SSSR count). The van der Waals surface area contributed by atoms with Crippen LogP contribution in [-0.4, -0.2) is 13.2 Å². The molecule has 2 aromatic carbocycles. The second-order valence-electron chi connectivity index (χ2n) is 5.50. The van der Waals surface area contributed by atoms with Crippen molar-refractivity contribution in [3.8, 4) is 5.75 Å². The van der Waals surface area contributed by atoms with Crippen LogP contribution < -0.4 is 10.5 Å². The van der Waals surface area contributed by atoms with Crippen molar-refractivity contribution in [3.63, 3.8) is 0 Å². The molecular weight excluding hydrogens is 262 g/mol. The smallest absolute Gasteiger partial charge is 0.120 e. The molecule has 2 atom stereocenters. The Hall–Kier alpha value is -1.84. The number of ether oxygens (including phenoxy) is 2. The molecule has 0 saturated carbocycles. The van der Waals surface area contributed by atoms with E-state index in [9.17, 15) is 0 Å². The molecule has 0 spiro atoms. The van der Waals surface area contributed by atoms with E-state index in [1.165, 1.54) is 11.1 Å². The number of nitrogens with two attached hydrogens (primary N) is 1. The molecule has 2 aromatic rings. The van der Waals surface area contributed by atoms with Crippen LogP contribution in [0.2, 0.25) is 0 Å². The first-order valence-electron chi connectivity index (χ1n) is 7.36. The van der Waals surface area contributed by atoms with Crippen molar-refractivity contribution >= 4 is 0 Å². The van der Waals surface area contributed by atoms with Gasteiger partial charge in [0.05, 0.1) is 12.6 Å². The van der Waals surface area contributed by atoms with Crippen LogP contribution in [0, 0.1) is 0 Å². The minimum atomic E-state index is -0.0685. The Morgan fingerprint density at radius 2 is 2.00 bits per heavy atom. The summed E-state index contributed by atoms with van der Waals surface area (Å²) in [5.41, 5.74) is 10.1. The fourth-order valence-electron chi connectivity index (χ4n) is 2.95. The van der Waals surface area contributed by atoms with Gasteiger partial charge in [0.2, 0.25) is 0 Å². The highest BCUT2D eigenvalue weighted by molar-refractivity contribution is 5.34. The van der Waals surface area contributed by atoms with Gasteiger partial charge in [0.25, 0.3) is 0 Å². The van der Waals surface area contributed by atoms with E-state index in [2.05, 4.69) is 18.2 Å². The summed E-state index contributed by atoms with van der Waals surface area (Å²) in [6.07, 6.45) is 2.00. The van der Waals surface area contributed by atoms with Crippen LogP contribution in [0.1, 0.15) is 29.2 Å². The van der Waals surface area contributed by atoms with Crippen molar-refractivity contribution in [2.24, 2.45) is 5.73 Å². The quantitative estimate of drug-likeness (QED) is 0.937. The first-order chi connectivity index (χ1) is 10.3. The maximum Gasteiger partial charge on any atom is 0.120 e. The van der Waals surface area contributed by atoms with E-state index in [-0.39, 0.29) is 12.1 Å². The van der Waals surface area contributed by atoms with E-state index >= 15 is 0 Å². The van der Waals surface area contributed by atoms with Crippen molar-refractivity contribution in [2.75, 3.05) is 7.11 Å². The molecule has 0 radical (unpaired) electrons. The molecule has 0 aliphatic heterocycles. The van der Waals surface area contributed by atoms with E-state index in [0.717, 1.165) is 24.2 Å². The highest BCUT2D eigenvalue weighted by atomic mass is 16.5. The number of methoxy groups -OCH3 is 1. The van der Waals surface area contributed by atoms with Crippen LogP contribution in [0.15, 0.2) is 48.5 Å². The molecule has 110 valence electrons. The van der Waals surface area contributed by atoms with Crippen molar-refractivity contribution in [3.05, 3.63) is 65.2 Å². The Kier molecular flexibility index (Phi) is 4.23. The summed E-state index contributed by atoms with van der Waals surface area (Å²) in [4.78, 5) is 0. The topological polar surface area (TPSA) is 44.5 Å². The molecule has 0 bridgehead atoms. The number of benzene rings is 2. The summed E-state index contributed by atoms with van der Waals surface area (Å²) in [5, 5.41) is 0. The Labute approximate surface area is 125 Å². The van der Waals surface area contributed by atoms with Crippen LogP contribution >= 0.6 is 0 Å². The van der Waals surface area contributed by atoms with Gasteiger partial charge in [0.1, 0.15) is 11.9 Å². The van der Waals surface area contributed by atoms with Crippen LogP contribution in [0.25, 0.3) is 0 Å². The largest absolute Gasteiger partial charge is 0.488 e. The third-order valence-electron chi connectivity index (χ3n) is 4.01. The highest BCUT2D eigenvalue weighted by Gasteiger charge is 2.27. The fourth-order valence-corrected chi connectivity index (χ4v) is 2.95. The Morgan fingerprint density at radius 1 is 1.14 bits per heavy atom. The Bertz CT molecular complexity index is 612. The summed E-state index contributed by atoms with van der Waals surface area (Å²) in [6.45, 7) is 0.594. The predicted molar refractivity (Wildman–Crippen MR) is 83.3 cm³/mol. The van der Waals surface area contributed by atoms with Gasteiger partial charge in [-0.2, -0.15) is 0 Å². The summed E-state index contributed by atoms with van der Waals surface area (Å²) in [7, 11) is 1.70. The molecule has 1 aliphatic rings. The molecule has 21 heavy (non-hydrogen) atoms. The maximum absolute atomic E-state index is 6.39. The number of hydrogen-bond acceptors (Lipinski definition) is 3. The average molecular weight is 283 g/mol. The van der Waals surface area contributed by atoms with Crippen molar-refractivity contribution in [1.29, 1.82) is 0 Å². The third-order valence-corrected chi connectivity index (χ3v) is 4.01. The zero-order chi connectivity index (χ0) is 14.7. The van der Waals surface area contributed by atoms with Crippen LogP contribution in [0.4, 0.5) is 0 Å². The SMILES string of the molecule is COCc1cccc(OC2CCc3ccccc3C2N)c1. The molecule has 0 aromatic heterocycles. The molecule has 0 amide bonds. The zero-order valence-corrected chi connectivity index (χ0v) is 12.3. The predicted octanol–water partition coefficient (Wildman–Crippen LogP) is 3.23. The molecule has 3 nitrogen and oxygen atoms in total. The maximum atomic E-state index is 6.39. The number of fused-ring (bicyclic) bond motifs is 1. The first-order valence-corrected chi connectivity index (χ1v) is 7.36. The van der Waals surface area contributed by atoms with E-state index in [0.29, 0.717) is 6.61 Å². The second-order valence-corrected chi connectivity index (χ2v) is 5.50. The van der Waals surface area contributed by atoms with Crippen LogP contribution in [0.5, 0.6) is 5.75 Å². The lowest BCUT2D eigenvalue weighted by Crippen LogP contribution is -2.35. The highest BCUT2D eigenvalue weighted by Crippen LogP contribution is 2.31. The molecule has 2 unspecified atom stereocenters. The van der Waals surface area contributed by atoms with Gasteiger partial charge in [0.15, 0.2) is 0 Å². The summed E-state index contributed by atoms with van der Waals surface area (Å²) in [6, 6.07) is 16.3. The van der Waals surface area contributed by atoms with Crippen molar-refractivity contribution in [1.82, 2.24) is 0 Å². The summed E-state index contributed by atoms with van der Waals surface area (Å²) in [5.74, 6) is 0.865. The van der Waals surface area contributed by atoms with Gasteiger partial charge < -0.3 is 15.2 Å². The van der Waals surface area contributed by atoms with Gasteiger partial charge in [-0.05, 0) is 41.7 Å². The monoisotopic (exact) mass is 283 g/mol. The van der Waals surface area contributed by atoms with Crippen LogP contribution in [-0.2, 0) is 17.8 Å². The molecule has 1 aliphatic carbocycles. The van der Waals surface area contributed by atoms with Gasteiger partial charge >= 0.3 is 0 Å². The van der Waals surface area contributed by atoms with Gasteiger partial charge in [-0.25, -0.2) is 0 Å². The van der Waals surface area contributed by atoms with Gasteiger partial charge in [-0.1, -0.05) is 36.4 Å². The zero-order valence-electron chi connectivity index (χ0n) is 12.3. The molecule has 0 saturated heterocycles. The molecule has 2 N–H and O–H groups in total. The minimum absolute atomic E-state index is 0.0256. The average Bonchev–Trinajstić information content (AvgIpc) is 2.51. The van der Waals surface area contributed by atoms with Gasteiger partial charge in [-0.3, -0.25) is 0 Å². The van der Waals surface area contributed by atoms with Crippen molar-refractivity contribution in [2.45, 2.75) is 31.6 Å². The standard InChI is InChI=1S/C18H21NO2/c1-20-12-13-5-4-7-15(11-13)21-17-10-9-14-6-2-3-8-16(14)18(17)19/h2-8,11,17-18H,9-10,12,19H2,1H3. The first kappa shape index (κ1) is 14.1. The minimum Gasteiger partial charge on any atom is -0.488 e. The normalized spacial score (nSPS) is 20.9. The number of hydrogen-bond donors (Lipinski definition) is 1. The van der Waals surface area contributed by atoms with E-state index in [1.807, 2.05) is 30.3 Å². The Balaban J connectivity index is 1.75. The third kappa shape index (κ3) is 3.09. The lowest BCUT2D eigenvalue weighted by Gasteiger charge is -2.31. The van der Waals surface area contributed by atoms with E-state index < -0.39 is 0 Å². The molecular formula is C18H21NO2. The van der Waals surface area contributed by atoms with Gasteiger partial charge in [-0.15, -0.1) is 0 Å². The lowest BCUT2D eigenvalue weighted by molar-refractivity contribution is 0.152. The fraction of sp³-hybridized carbons (Fsp3) is 0.333. The molecule has 3 heteroatoms. The molecule has 0 heterocycles. The number of aryl methyl sites for hydroxylation is 1. The van der Waals surface area contributed by atoms with Crippen LogP contribution in [0.3, 0.4) is 0 Å². The van der Waals surface area contributed by atoms with Gasteiger partial charge in [0, 0.05) is 7.11 Å². The van der Waals surface area contributed by atoms with Crippen molar-refractivity contribution < 1.29 is 9.47 Å². The second kappa shape index (κ2) is 6.29. The van der Waals surface area contributed by atoms with E-state index in [4.69, 9.17) is 15.2 Å². The Morgan fingerprint density at radius 3 is 2.86 bits per heavy atom. The summed E-state index contributed by atoms with van der Waals surface area (Å²) >= 11 is 0.